The average Bonchev–Trinajstić information content (AvgIpc) is 2.91. The van der Waals surface area contributed by atoms with Gasteiger partial charge in [0.2, 0.25) is 0 Å². The van der Waals surface area contributed by atoms with Crippen LogP contribution in [0.4, 0.5) is 0 Å². The van der Waals surface area contributed by atoms with Crippen molar-refractivity contribution in [1.29, 1.82) is 0 Å². The fourth-order valence-corrected chi connectivity index (χ4v) is 1.59. The van der Waals surface area contributed by atoms with Gasteiger partial charge in [-0.1, -0.05) is 0 Å². The second-order valence-electron chi connectivity index (χ2n) is 3.71. The highest BCUT2D eigenvalue weighted by atomic mass is 35.5. The number of nitrogens with two attached hydrogens (primary N) is 1. The van der Waals surface area contributed by atoms with Crippen LogP contribution in [0.15, 0.2) is 12.3 Å². The van der Waals surface area contributed by atoms with Crippen LogP contribution >= 0.6 is 12.4 Å². The van der Waals surface area contributed by atoms with E-state index in [2.05, 4.69) is 0 Å². The molecule has 2 rings (SSSR count). The summed E-state index contributed by atoms with van der Waals surface area (Å²) in [6, 6.07) is 1.98. The first kappa shape index (κ1) is 11.3. The molecule has 2 N–H and O–H groups in total. The molecule has 0 amide bonds. The number of aromatic nitrogens is 1. The Kier molecular flexibility index (Phi) is 3.34. The molecule has 3 nitrogen and oxygen atoms in total. The molecule has 1 aromatic heterocycles. The normalized spacial score (nSPS) is 15.0. The van der Waals surface area contributed by atoms with Crippen LogP contribution in [0.1, 0.15) is 35.6 Å². The Balaban J connectivity index is 0.000000980. The predicted octanol–water partition coefficient (Wildman–Crippen LogP) is 1.39. The maximum atomic E-state index is 11.5. The minimum atomic E-state index is 0. The molecule has 0 atom stereocenters. The van der Waals surface area contributed by atoms with Crippen molar-refractivity contribution < 1.29 is 4.73 Å². The van der Waals surface area contributed by atoms with Crippen molar-refractivity contribution in [3.05, 3.63) is 34.3 Å². The van der Waals surface area contributed by atoms with E-state index in [0.717, 1.165) is 34.4 Å². The third-order valence-electron chi connectivity index (χ3n) is 2.61. The summed E-state index contributed by atoms with van der Waals surface area (Å²) in [7, 11) is 0. The largest absolute Gasteiger partial charge is 0.618 e. The number of nitrogens with zero attached hydrogens (tertiary/aromatic N) is 1. The quantitative estimate of drug-likeness (QED) is 0.598. The fraction of sp³-hybridized carbons (Fsp3) is 0.500. The Morgan fingerprint density at radius 2 is 2.21 bits per heavy atom. The zero-order valence-electron chi connectivity index (χ0n) is 8.19. The first-order valence-electron chi connectivity index (χ1n) is 4.65. The van der Waals surface area contributed by atoms with Crippen molar-refractivity contribution in [2.24, 2.45) is 5.73 Å². The summed E-state index contributed by atoms with van der Waals surface area (Å²) in [5, 5.41) is 11.5. The van der Waals surface area contributed by atoms with E-state index in [4.69, 9.17) is 5.73 Å². The van der Waals surface area contributed by atoms with Crippen molar-refractivity contribution in [2.45, 2.75) is 32.2 Å². The van der Waals surface area contributed by atoms with Crippen LogP contribution in [0.3, 0.4) is 0 Å². The lowest BCUT2D eigenvalue weighted by Gasteiger charge is -2.07. The average molecular weight is 215 g/mol. The first-order valence-corrected chi connectivity index (χ1v) is 4.65. The number of halogens is 1. The zero-order chi connectivity index (χ0) is 9.42. The Labute approximate surface area is 89.9 Å². The number of hydrogen-bond acceptors (Lipinski definition) is 2. The molecule has 1 fully saturated rings. The maximum absolute atomic E-state index is 11.5. The van der Waals surface area contributed by atoms with E-state index in [1.807, 2.05) is 13.0 Å². The fourth-order valence-electron chi connectivity index (χ4n) is 1.59. The van der Waals surface area contributed by atoms with Crippen LogP contribution < -0.4 is 10.5 Å². The van der Waals surface area contributed by atoms with Gasteiger partial charge < -0.3 is 10.9 Å². The molecule has 0 saturated heterocycles. The Morgan fingerprint density at radius 1 is 1.57 bits per heavy atom. The molecule has 0 radical (unpaired) electrons. The van der Waals surface area contributed by atoms with Gasteiger partial charge in [0.25, 0.3) is 0 Å². The summed E-state index contributed by atoms with van der Waals surface area (Å²) in [5.41, 5.74) is 8.50. The topological polar surface area (TPSA) is 53.0 Å². The smallest absolute Gasteiger partial charge is 0.196 e. The van der Waals surface area contributed by atoms with Crippen LogP contribution in [0.5, 0.6) is 0 Å². The molecule has 1 aromatic rings. The lowest BCUT2D eigenvalue weighted by atomic mass is 10.1. The molecule has 0 spiro atoms. The second kappa shape index (κ2) is 4.15. The summed E-state index contributed by atoms with van der Waals surface area (Å²) in [6.07, 6.45) is 3.93. The van der Waals surface area contributed by atoms with Gasteiger partial charge in [0.05, 0.1) is 0 Å². The molecule has 0 unspecified atom stereocenters. The molecular formula is C10H15ClN2O. The molecule has 1 aliphatic carbocycles. The van der Waals surface area contributed by atoms with Gasteiger partial charge in [-0.2, -0.15) is 4.73 Å². The molecule has 0 aromatic carbocycles. The van der Waals surface area contributed by atoms with E-state index in [9.17, 15) is 5.21 Å². The van der Waals surface area contributed by atoms with Crippen molar-refractivity contribution in [1.82, 2.24) is 0 Å². The van der Waals surface area contributed by atoms with Crippen LogP contribution in [-0.4, -0.2) is 0 Å². The summed E-state index contributed by atoms with van der Waals surface area (Å²) >= 11 is 0. The van der Waals surface area contributed by atoms with Gasteiger partial charge >= 0.3 is 0 Å². The highest BCUT2D eigenvalue weighted by Gasteiger charge is 2.31. The van der Waals surface area contributed by atoms with Crippen molar-refractivity contribution in [3.63, 3.8) is 0 Å². The third-order valence-corrected chi connectivity index (χ3v) is 2.61. The van der Waals surface area contributed by atoms with E-state index in [1.165, 1.54) is 0 Å². The first-order chi connectivity index (χ1) is 6.22. The number of rotatable bonds is 2. The summed E-state index contributed by atoms with van der Waals surface area (Å²) in [4.78, 5) is 0. The summed E-state index contributed by atoms with van der Waals surface area (Å²) in [5.74, 6) is 0.503. The second-order valence-corrected chi connectivity index (χ2v) is 3.71. The minimum absolute atomic E-state index is 0. The van der Waals surface area contributed by atoms with Crippen LogP contribution in [0.2, 0.25) is 0 Å². The molecule has 14 heavy (non-hydrogen) atoms. The van der Waals surface area contributed by atoms with Gasteiger partial charge in [-0.3, -0.25) is 0 Å². The van der Waals surface area contributed by atoms with E-state index >= 15 is 0 Å². The molecule has 4 heteroatoms. The number of hydrogen-bond donors (Lipinski definition) is 1. The van der Waals surface area contributed by atoms with Crippen molar-refractivity contribution >= 4 is 12.4 Å². The van der Waals surface area contributed by atoms with Gasteiger partial charge in [0.15, 0.2) is 11.9 Å². The highest BCUT2D eigenvalue weighted by molar-refractivity contribution is 5.85. The molecule has 0 bridgehead atoms. The standard InChI is InChI=1S/C10H14N2O.ClH/c1-7-4-10(8-2-3-8)12(13)6-9(7)5-11;/h4,6,8H,2-3,5,11H2,1H3;1H. The molecule has 78 valence electrons. The number of aryl methyl sites for hydroxylation is 1. The van der Waals surface area contributed by atoms with E-state index in [1.54, 1.807) is 6.20 Å². The van der Waals surface area contributed by atoms with Crippen LogP contribution in [0.25, 0.3) is 0 Å². The highest BCUT2D eigenvalue weighted by Crippen LogP contribution is 2.38. The Hall–Kier alpha value is -0.800. The van der Waals surface area contributed by atoms with Gasteiger partial charge in [0.1, 0.15) is 0 Å². The van der Waals surface area contributed by atoms with Gasteiger partial charge in [-0.15, -0.1) is 12.4 Å². The van der Waals surface area contributed by atoms with Gasteiger partial charge in [-0.05, 0) is 25.3 Å². The number of pyridine rings is 1. The van der Waals surface area contributed by atoms with Crippen molar-refractivity contribution in [3.8, 4) is 0 Å². The van der Waals surface area contributed by atoms with Crippen molar-refractivity contribution in [2.75, 3.05) is 0 Å². The monoisotopic (exact) mass is 214 g/mol. The Bertz CT molecular complexity index is 337. The van der Waals surface area contributed by atoms with E-state index in [-0.39, 0.29) is 12.4 Å². The van der Waals surface area contributed by atoms with E-state index < -0.39 is 0 Å². The lowest BCUT2D eigenvalue weighted by Crippen LogP contribution is -2.32. The minimum Gasteiger partial charge on any atom is -0.618 e. The van der Waals surface area contributed by atoms with Gasteiger partial charge in [-0.25, -0.2) is 0 Å². The lowest BCUT2D eigenvalue weighted by molar-refractivity contribution is -0.614. The third kappa shape index (κ3) is 1.99. The molecule has 1 saturated carbocycles. The summed E-state index contributed by atoms with van der Waals surface area (Å²) in [6.45, 7) is 2.45. The zero-order valence-corrected chi connectivity index (χ0v) is 9.01. The predicted molar refractivity (Wildman–Crippen MR) is 57.3 cm³/mol. The van der Waals surface area contributed by atoms with E-state index in [0.29, 0.717) is 12.5 Å². The van der Waals surface area contributed by atoms with Crippen LogP contribution in [-0.2, 0) is 6.54 Å². The van der Waals surface area contributed by atoms with Crippen LogP contribution in [0, 0.1) is 12.1 Å². The molecular weight excluding hydrogens is 200 g/mol. The SMILES string of the molecule is Cc1cc(C2CC2)[n+]([O-])cc1CN.Cl. The molecule has 1 heterocycles. The molecule has 0 aliphatic heterocycles. The Morgan fingerprint density at radius 3 is 2.71 bits per heavy atom. The summed E-state index contributed by atoms with van der Waals surface area (Å²) < 4.78 is 0.979. The molecule has 1 aliphatic rings. The maximum Gasteiger partial charge on any atom is 0.196 e. The van der Waals surface area contributed by atoms with Gasteiger partial charge in [0, 0.05) is 24.1 Å².